The first-order chi connectivity index (χ1) is 13.6. The monoisotopic (exact) mass is 382 g/mol. The van der Waals surface area contributed by atoms with Gasteiger partial charge in [0.05, 0.1) is 0 Å². The maximum absolute atomic E-state index is 12.8. The summed E-state index contributed by atoms with van der Waals surface area (Å²) < 4.78 is 2.07. The van der Waals surface area contributed by atoms with Gasteiger partial charge in [0.2, 0.25) is 11.8 Å². The van der Waals surface area contributed by atoms with E-state index in [1.165, 1.54) is 0 Å². The number of amides is 2. The number of imidazole rings is 1. The lowest BCUT2D eigenvalue weighted by molar-refractivity contribution is -0.133. The number of carbonyl (C=O) groups excluding carboxylic acids is 2. The van der Waals surface area contributed by atoms with Crippen molar-refractivity contribution in [1.82, 2.24) is 19.4 Å². The fraction of sp³-hybridized carbons (Fsp3) is 0.500. The Bertz CT molecular complexity index is 787. The summed E-state index contributed by atoms with van der Waals surface area (Å²) in [5, 5.41) is 0. The fourth-order valence-corrected chi connectivity index (χ4v) is 3.79. The van der Waals surface area contributed by atoms with Crippen LogP contribution in [0.4, 0.5) is 0 Å². The molecule has 0 bridgehead atoms. The van der Waals surface area contributed by atoms with Crippen LogP contribution >= 0.6 is 0 Å². The summed E-state index contributed by atoms with van der Waals surface area (Å²) in [4.78, 5) is 33.6. The molecule has 1 aliphatic heterocycles. The van der Waals surface area contributed by atoms with Gasteiger partial charge in [-0.05, 0) is 25.3 Å². The third kappa shape index (κ3) is 5.00. The molecule has 1 aliphatic rings. The van der Waals surface area contributed by atoms with Crippen molar-refractivity contribution in [3.05, 3.63) is 54.1 Å². The lowest BCUT2D eigenvalue weighted by Crippen LogP contribution is -2.43. The highest BCUT2D eigenvalue weighted by Crippen LogP contribution is 2.18. The maximum Gasteiger partial charge on any atom is 0.224 e. The summed E-state index contributed by atoms with van der Waals surface area (Å²) in [6, 6.07) is 10.1. The maximum atomic E-state index is 12.8. The van der Waals surface area contributed by atoms with Crippen molar-refractivity contribution >= 4 is 11.8 Å². The molecule has 3 rings (SSSR count). The molecule has 0 radical (unpaired) electrons. The first-order valence-electron chi connectivity index (χ1n) is 10.2. The van der Waals surface area contributed by atoms with E-state index in [1.807, 2.05) is 53.3 Å². The highest BCUT2D eigenvalue weighted by atomic mass is 16.2. The zero-order valence-electron chi connectivity index (χ0n) is 16.9. The van der Waals surface area contributed by atoms with Crippen LogP contribution in [0.15, 0.2) is 42.7 Å². The predicted molar refractivity (Wildman–Crippen MR) is 108 cm³/mol. The van der Waals surface area contributed by atoms with Gasteiger partial charge in [-0.3, -0.25) is 9.59 Å². The van der Waals surface area contributed by atoms with Gasteiger partial charge < -0.3 is 14.4 Å². The Morgan fingerprint density at radius 3 is 2.71 bits per heavy atom. The Kier molecular flexibility index (Phi) is 6.85. The van der Waals surface area contributed by atoms with Gasteiger partial charge in [0.1, 0.15) is 5.82 Å². The van der Waals surface area contributed by atoms with Crippen LogP contribution in [0, 0.1) is 6.92 Å². The number of aryl methyl sites for hydroxylation is 2. The van der Waals surface area contributed by atoms with Crippen LogP contribution in [0.25, 0.3) is 0 Å². The van der Waals surface area contributed by atoms with Crippen molar-refractivity contribution in [1.29, 1.82) is 0 Å². The van der Waals surface area contributed by atoms with Crippen molar-refractivity contribution < 1.29 is 9.59 Å². The van der Waals surface area contributed by atoms with E-state index >= 15 is 0 Å². The summed E-state index contributed by atoms with van der Waals surface area (Å²) in [5.41, 5.74) is 1.13. The number of benzene rings is 1. The Morgan fingerprint density at radius 2 is 2.04 bits per heavy atom. The number of hydrogen-bond acceptors (Lipinski definition) is 3. The largest absolute Gasteiger partial charge is 0.340 e. The molecule has 0 saturated carbocycles. The standard InChI is InChI=1S/C22H30N4O2/c1-3-20-17-25(21(27)10-7-13-24-15-12-23-18(24)2)14-11-22(28)26(20)16-19-8-5-4-6-9-19/h4-6,8-9,12,15,20H,3,7,10-11,13-14,16-17H2,1-2H3. The second-order valence-electron chi connectivity index (χ2n) is 7.43. The molecule has 1 atom stereocenters. The number of carbonyl (C=O) groups is 2. The van der Waals surface area contributed by atoms with Crippen LogP contribution in [0.2, 0.25) is 0 Å². The second-order valence-corrected chi connectivity index (χ2v) is 7.43. The molecule has 1 saturated heterocycles. The molecule has 0 N–H and O–H groups in total. The Hall–Kier alpha value is -2.63. The van der Waals surface area contributed by atoms with Gasteiger partial charge in [-0.25, -0.2) is 4.98 Å². The summed E-state index contributed by atoms with van der Waals surface area (Å²) in [7, 11) is 0. The second kappa shape index (κ2) is 9.53. The molecule has 1 fully saturated rings. The van der Waals surface area contributed by atoms with E-state index in [4.69, 9.17) is 0 Å². The zero-order chi connectivity index (χ0) is 19.9. The van der Waals surface area contributed by atoms with Crippen LogP contribution in [0.5, 0.6) is 0 Å². The lowest BCUT2D eigenvalue weighted by atomic mass is 10.1. The van der Waals surface area contributed by atoms with E-state index in [2.05, 4.69) is 16.5 Å². The average molecular weight is 383 g/mol. The molecule has 150 valence electrons. The normalized spacial score (nSPS) is 17.6. The molecule has 28 heavy (non-hydrogen) atoms. The van der Waals surface area contributed by atoms with E-state index < -0.39 is 0 Å². The van der Waals surface area contributed by atoms with Crippen molar-refractivity contribution in [3.63, 3.8) is 0 Å². The van der Waals surface area contributed by atoms with E-state index in [0.29, 0.717) is 32.5 Å². The van der Waals surface area contributed by atoms with Gasteiger partial charge in [-0.2, -0.15) is 0 Å². The third-order valence-electron chi connectivity index (χ3n) is 5.52. The molecule has 0 aliphatic carbocycles. The van der Waals surface area contributed by atoms with Crippen LogP contribution < -0.4 is 0 Å². The Morgan fingerprint density at radius 1 is 1.25 bits per heavy atom. The molecule has 6 nitrogen and oxygen atoms in total. The summed E-state index contributed by atoms with van der Waals surface area (Å²) >= 11 is 0. The minimum Gasteiger partial charge on any atom is -0.340 e. The van der Waals surface area contributed by atoms with Crippen LogP contribution in [0.1, 0.15) is 44.0 Å². The smallest absolute Gasteiger partial charge is 0.224 e. The van der Waals surface area contributed by atoms with Gasteiger partial charge in [0, 0.05) is 57.5 Å². The van der Waals surface area contributed by atoms with Gasteiger partial charge in [0.15, 0.2) is 0 Å². The SMILES string of the molecule is CCC1CN(C(=O)CCCn2ccnc2C)CCC(=O)N1Cc1ccccc1. The lowest BCUT2D eigenvalue weighted by Gasteiger charge is -2.31. The molecule has 1 unspecified atom stereocenters. The van der Waals surface area contributed by atoms with Crippen molar-refractivity contribution in [3.8, 4) is 0 Å². The highest BCUT2D eigenvalue weighted by molar-refractivity contribution is 5.80. The molecule has 2 amide bonds. The molecular formula is C22H30N4O2. The van der Waals surface area contributed by atoms with Crippen molar-refractivity contribution in [2.24, 2.45) is 0 Å². The highest BCUT2D eigenvalue weighted by Gasteiger charge is 2.30. The third-order valence-corrected chi connectivity index (χ3v) is 5.52. The van der Waals surface area contributed by atoms with Gasteiger partial charge in [-0.1, -0.05) is 37.3 Å². The molecule has 1 aromatic carbocycles. The topological polar surface area (TPSA) is 58.4 Å². The summed E-state index contributed by atoms with van der Waals surface area (Å²) in [5.74, 6) is 1.25. The van der Waals surface area contributed by atoms with Crippen LogP contribution in [-0.4, -0.2) is 50.3 Å². The van der Waals surface area contributed by atoms with E-state index in [9.17, 15) is 9.59 Å². The molecule has 6 heteroatoms. The van der Waals surface area contributed by atoms with Gasteiger partial charge in [-0.15, -0.1) is 0 Å². The quantitative estimate of drug-likeness (QED) is 0.740. The number of hydrogen-bond donors (Lipinski definition) is 0. The van der Waals surface area contributed by atoms with E-state index in [-0.39, 0.29) is 17.9 Å². The predicted octanol–water partition coefficient (Wildman–Crippen LogP) is 3.01. The Labute approximate surface area is 167 Å². The number of rotatable bonds is 7. The van der Waals surface area contributed by atoms with Gasteiger partial charge >= 0.3 is 0 Å². The summed E-state index contributed by atoms with van der Waals surface area (Å²) in [6.45, 7) is 6.60. The zero-order valence-corrected chi connectivity index (χ0v) is 16.9. The fourth-order valence-electron chi connectivity index (χ4n) is 3.79. The molecule has 1 aromatic heterocycles. The molecule has 0 spiro atoms. The summed E-state index contributed by atoms with van der Waals surface area (Å²) in [6.07, 6.45) is 6.25. The molecule has 2 aromatic rings. The first-order valence-corrected chi connectivity index (χ1v) is 10.2. The van der Waals surface area contributed by atoms with Gasteiger partial charge in [0.25, 0.3) is 0 Å². The molecular weight excluding hydrogens is 352 g/mol. The minimum absolute atomic E-state index is 0.0649. The Balaban J connectivity index is 1.58. The van der Waals surface area contributed by atoms with E-state index in [1.54, 1.807) is 6.20 Å². The van der Waals surface area contributed by atoms with Crippen molar-refractivity contribution in [2.45, 2.75) is 58.7 Å². The number of aromatic nitrogens is 2. The minimum atomic E-state index is 0.0649. The molecule has 2 heterocycles. The first kappa shape index (κ1) is 20.1. The van der Waals surface area contributed by atoms with Crippen molar-refractivity contribution in [2.75, 3.05) is 13.1 Å². The average Bonchev–Trinajstić information content (AvgIpc) is 3.04. The number of nitrogens with zero attached hydrogens (tertiary/aromatic N) is 4. The van der Waals surface area contributed by atoms with Crippen LogP contribution in [0.3, 0.4) is 0 Å². The van der Waals surface area contributed by atoms with E-state index in [0.717, 1.165) is 30.8 Å². The van der Waals surface area contributed by atoms with Crippen LogP contribution in [-0.2, 0) is 22.7 Å².